The van der Waals surface area contributed by atoms with Gasteiger partial charge in [0.15, 0.2) is 12.2 Å². The Bertz CT molecular complexity index is 2940. The minimum Gasteiger partial charge on any atom is -0.462 e. The van der Waals surface area contributed by atoms with E-state index in [-0.39, 0.29) is 25.7 Å². The Morgan fingerprint density at radius 1 is 0.250 bits per heavy atom. The molecule has 112 heavy (non-hydrogen) atoms. The molecule has 3 N–H and O–H groups in total. The largest absolute Gasteiger partial charge is 0.472 e. The molecule has 19 heteroatoms. The summed E-state index contributed by atoms with van der Waals surface area (Å²) in [5.41, 5.74) is 0. The molecule has 0 aromatic heterocycles. The van der Waals surface area contributed by atoms with Crippen LogP contribution in [0.15, 0.2) is 207 Å². The molecule has 0 fully saturated rings. The molecule has 0 radical (unpaired) electrons. The number of unbranched alkanes of at least 4 members (excludes halogenated alkanes) is 17. The summed E-state index contributed by atoms with van der Waals surface area (Å²) in [7, 11) is -10.0. The summed E-state index contributed by atoms with van der Waals surface area (Å²) >= 11 is 0. The van der Waals surface area contributed by atoms with Gasteiger partial charge in [0.2, 0.25) is 0 Å². The fourth-order valence-corrected chi connectivity index (χ4v) is 12.1. The second kappa shape index (κ2) is 82.6. The maximum Gasteiger partial charge on any atom is 0.472 e. The molecule has 0 heterocycles. The molecular weight excluding hydrogens is 1450 g/mol. The second-order valence-corrected chi connectivity index (χ2v) is 30.1. The maximum absolute atomic E-state index is 13.1. The fraction of sp³-hybridized carbons (Fsp3) is 0.591. The van der Waals surface area contributed by atoms with E-state index in [0.29, 0.717) is 32.1 Å². The number of esters is 4. The Morgan fingerprint density at radius 3 is 0.732 bits per heavy atom. The van der Waals surface area contributed by atoms with Crippen molar-refractivity contribution in [2.45, 2.75) is 316 Å². The topological polar surface area (TPSA) is 237 Å². The van der Waals surface area contributed by atoms with Gasteiger partial charge >= 0.3 is 39.5 Å². The minimum absolute atomic E-state index is 0.0199. The molecule has 0 amide bonds. The standard InChI is InChI=1S/C93H148O17P2/c1-5-9-13-17-21-25-29-33-37-41-43-47-50-54-58-62-66-70-74-78-91(96)104-84-89(110-93(98)80-76-72-68-64-60-56-52-48-44-42-38-34-30-26-22-18-14-10-6-2)86-108-112(101,102)106-82-87(94)81-105-111(99,100)107-85-88(109-92(97)79-75-71-67-63-59-55-51-46-40-36-32-28-24-20-16-12-8-4)83-103-90(95)77-73-69-65-61-57-53-49-45-39-35-31-27-23-19-15-11-7-3/h9-16,21-28,33-40,43-44,47-48,54,56,58,60,66,70,87-89,94H,5-8,17-20,29-32,41-42,45-46,49-53,55,57,59,61-65,67-69,71-86H2,1-4H3,(H,99,100)(H,101,102)/b13-9-,14-10-,15-11-,16-12-,25-21-,26-22-,27-23-,28-24-,37-33-,38-34-,39-35-,40-36-,47-43-,48-44-,58-54-,60-56-,70-66-. The first-order valence-electron chi connectivity index (χ1n) is 42.3. The maximum atomic E-state index is 13.1. The highest BCUT2D eigenvalue weighted by molar-refractivity contribution is 7.47. The zero-order valence-corrected chi connectivity index (χ0v) is 71.0. The average Bonchev–Trinajstić information content (AvgIpc) is 0.898. The van der Waals surface area contributed by atoms with Gasteiger partial charge in [-0.15, -0.1) is 0 Å². The number of phosphoric ester groups is 2. The first kappa shape index (κ1) is 106. The van der Waals surface area contributed by atoms with Crippen LogP contribution in [0.4, 0.5) is 0 Å². The second-order valence-electron chi connectivity index (χ2n) is 27.2. The van der Waals surface area contributed by atoms with Crippen LogP contribution in [0.5, 0.6) is 0 Å². The van der Waals surface area contributed by atoms with E-state index >= 15 is 0 Å². The Balaban J connectivity index is 5.53. The van der Waals surface area contributed by atoms with Crippen molar-refractivity contribution in [3.8, 4) is 0 Å². The quantitative estimate of drug-likeness (QED) is 0.0169. The van der Waals surface area contributed by atoms with E-state index in [1.807, 2.05) is 18.2 Å². The first-order chi connectivity index (χ1) is 54.7. The zero-order chi connectivity index (χ0) is 81.7. The highest BCUT2D eigenvalue weighted by Gasteiger charge is 2.30. The molecular formula is C93H148O17P2. The van der Waals surface area contributed by atoms with Crippen molar-refractivity contribution in [1.29, 1.82) is 0 Å². The molecule has 0 aliphatic heterocycles. The van der Waals surface area contributed by atoms with Crippen molar-refractivity contribution in [3.05, 3.63) is 207 Å². The third kappa shape index (κ3) is 81.6. The van der Waals surface area contributed by atoms with Gasteiger partial charge in [-0.3, -0.25) is 37.3 Å². The van der Waals surface area contributed by atoms with E-state index in [1.54, 1.807) is 0 Å². The van der Waals surface area contributed by atoms with Crippen LogP contribution in [0, 0.1) is 0 Å². The van der Waals surface area contributed by atoms with E-state index in [0.717, 1.165) is 212 Å². The number of hydrogen-bond acceptors (Lipinski definition) is 15. The number of carbonyl (C=O) groups is 4. The number of aliphatic hydroxyl groups excluding tert-OH is 1. The number of carbonyl (C=O) groups excluding carboxylic acids is 4. The van der Waals surface area contributed by atoms with E-state index < -0.39 is 97.5 Å². The number of rotatable bonds is 77. The summed E-state index contributed by atoms with van der Waals surface area (Å²) in [6.45, 7) is 4.27. The van der Waals surface area contributed by atoms with Crippen LogP contribution in [0.2, 0.25) is 0 Å². The summed E-state index contributed by atoms with van der Waals surface area (Å²) in [5.74, 6) is -2.35. The van der Waals surface area contributed by atoms with Gasteiger partial charge in [-0.05, 0) is 173 Å². The predicted molar refractivity (Wildman–Crippen MR) is 463 cm³/mol. The van der Waals surface area contributed by atoms with E-state index in [1.165, 1.54) is 0 Å². The zero-order valence-electron chi connectivity index (χ0n) is 69.3. The van der Waals surface area contributed by atoms with Crippen molar-refractivity contribution in [1.82, 2.24) is 0 Å². The molecule has 0 spiro atoms. The number of ether oxygens (including phenoxy) is 4. The van der Waals surface area contributed by atoms with Crippen molar-refractivity contribution >= 4 is 39.5 Å². The summed E-state index contributed by atoms with van der Waals surface area (Å²) in [4.78, 5) is 73.3. The van der Waals surface area contributed by atoms with Crippen LogP contribution in [0.25, 0.3) is 0 Å². The van der Waals surface area contributed by atoms with Crippen LogP contribution in [0.3, 0.4) is 0 Å². The van der Waals surface area contributed by atoms with Crippen molar-refractivity contribution in [3.63, 3.8) is 0 Å². The lowest BCUT2D eigenvalue weighted by Gasteiger charge is -2.21. The lowest BCUT2D eigenvalue weighted by atomic mass is 10.1. The highest BCUT2D eigenvalue weighted by atomic mass is 31.2. The van der Waals surface area contributed by atoms with Crippen LogP contribution in [0.1, 0.15) is 297 Å². The molecule has 0 saturated heterocycles. The normalized spacial score (nSPS) is 14.8. The Labute approximate surface area is 678 Å². The molecule has 0 bridgehead atoms. The average molecular weight is 1600 g/mol. The van der Waals surface area contributed by atoms with Crippen molar-refractivity contribution in [2.75, 3.05) is 39.6 Å². The van der Waals surface area contributed by atoms with Gasteiger partial charge in [-0.25, -0.2) is 9.13 Å². The third-order valence-electron chi connectivity index (χ3n) is 16.7. The van der Waals surface area contributed by atoms with Gasteiger partial charge in [-0.1, -0.05) is 305 Å². The Hall–Kier alpha value is -6.36. The molecule has 0 saturated carbocycles. The van der Waals surface area contributed by atoms with Crippen molar-refractivity contribution in [2.24, 2.45) is 0 Å². The molecule has 632 valence electrons. The molecule has 0 aromatic carbocycles. The van der Waals surface area contributed by atoms with Crippen molar-refractivity contribution < 1.29 is 80.2 Å². The van der Waals surface area contributed by atoms with Gasteiger partial charge in [0.25, 0.3) is 0 Å². The van der Waals surface area contributed by atoms with Gasteiger partial charge in [0.05, 0.1) is 26.4 Å². The van der Waals surface area contributed by atoms with E-state index in [4.69, 9.17) is 37.0 Å². The smallest absolute Gasteiger partial charge is 0.462 e. The van der Waals surface area contributed by atoms with Crippen LogP contribution in [-0.2, 0) is 65.4 Å². The summed E-state index contributed by atoms with van der Waals surface area (Å²) in [6, 6.07) is 0. The molecule has 0 rings (SSSR count). The minimum atomic E-state index is -5.02. The van der Waals surface area contributed by atoms with E-state index in [9.17, 15) is 43.2 Å². The molecule has 17 nitrogen and oxygen atoms in total. The third-order valence-corrected chi connectivity index (χ3v) is 18.6. The summed E-state index contributed by atoms with van der Waals surface area (Å²) in [6.07, 6.45) is 104. The monoisotopic (exact) mass is 1600 g/mol. The molecule has 5 unspecified atom stereocenters. The Kier molecular flexibility index (Phi) is 77.9. The number of allylic oxidation sites excluding steroid dienone is 34. The van der Waals surface area contributed by atoms with Gasteiger partial charge in [0, 0.05) is 25.7 Å². The van der Waals surface area contributed by atoms with Crippen LogP contribution >= 0.6 is 15.6 Å². The lowest BCUT2D eigenvalue weighted by Crippen LogP contribution is -2.30. The molecule has 0 aliphatic rings. The highest BCUT2D eigenvalue weighted by Crippen LogP contribution is 2.45. The lowest BCUT2D eigenvalue weighted by molar-refractivity contribution is -0.161. The first-order valence-corrected chi connectivity index (χ1v) is 45.3. The van der Waals surface area contributed by atoms with Crippen LogP contribution in [-0.4, -0.2) is 96.7 Å². The Morgan fingerprint density at radius 2 is 0.455 bits per heavy atom. The number of aliphatic hydroxyl groups is 1. The number of phosphoric acid groups is 2. The number of hydrogen-bond donors (Lipinski definition) is 3. The van der Waals surface area contributed by atoms with Gasteiger partial charge < -0.3 is 33.8 Å². The van der Waals surface area contributed by atoms with E-state index in [2.05, 4.69) is 216 Å². The molecule has 5 atom stereocenters. The molecule has 0 aromatic rings. The molecule has 0 aliphatic carbocycles. The summed E-state index contributed by atoms with van der Waals surface area (Å²) < 4.78 is 68.7. The van der Waals surface area contributed by atoms with Crippen LogP contribution < -0.4 is 0 Å². The van der Waals surface area contributed by atoms with Gasteiger partial charge in [0.1, 0.15) is 19.3 Å². The fourth-order valence-electron chi connectivity index (χ4n) is 10.5. The SMILES string of the molecule is CC/C=C\C/C=C\C/C=C\C/C=C\C/C=C\C/C=C\CCC(=O)OCC(COP(=O)(O)OCC(O)COP(=O)(O)OCC(COC(=O)CCCCCCCCC/C=C\C/C=C\C/C=C\CC)OC(=O)CCCCCCCCC/C=C\C/C=C\C/C=C\CC)OC(=O)CCCCC/C=C\C/C=C\C/C=C\C/C=C\C/C=C\CC. The predicted octanol–water partition coefficient (Wildman–Crippen LogP) is 25.4. The summed E-state index contributed by atoms with van der Waals surface area (Å²) in [5, 5.41) is 10.7. The van der Waals surface area contributed by atoms with Gasteiger partial charge in [-0.2, -0.15) is 0 Å².